The molecule has 0 aromatic heterocycles. The summed E-state index contributed by atoms with van der Waals surface area (Å²) in [4.78, 5) is 0. The first-order valence-electron chi connectivity index (χ1n) is 3.43. The number of unbranched alkanes of at least 4 members (excludes halogenated alkanes) is 1. The normalized spacial score (nSPS) is 10.3. The average Bonchev–Trinajstić information content (AvgIpc) is 1.87. The van der Waals surface area contributed by atoms with Gasteiger partial charge in [0, 0.05) is 6.42 Å². The quantitative estimate of drug-likeness (QED) is 0.536. The summed E-state index contributed by atoms with van der Waals surface area (Å²) in [5, 5.41) is 8.67. The van der Waals surface area contributed by atoms with Gasteiger partial charge in [-0.1, -0.05) is 18.8 Å². The molecule has 0 saturated carbocycles. The zero-order valence-corrected chi connectivity index (χ0v) is 6.44. The number of aliphatic hydroxyl groups excluding tert-OH is 1. The van der Waals surface area contributed by atoms with Crippen molar-refractivity contribution in [1.29, 1.82) is 0 Å². The Kier molecular flexibility index (Phi) is 5.63. The van der Waals surface area contributed by atoms with E-state index in [-0.39, 0.29) is 0 Å². The maximum absolute atomic E-state index is 8.67. The first-order valence-corrected chi connectivity index (χ1v) is 3.43. The van der Waals surface area contributed by atoms with E-state index in [1.54, 1.807) is 6.92 Å². The summed E-state index contributed by atoms with van der Waals surface area (Å²) >= 11 is 0. The molecule has 0 rings (SSSR count). The Labute approximate surface area is 62.5 Å². The highest BCUT2D eigenvalue weighted by Crippen LogP contribution is 1.79. The lowest BCUT2D eigenvalue weighted by molar-refractivity contribution is 0.253. The number of hydrogen-bond acceptors (Lipinski definition) is 1. The molecule has 1 atom stereocenters. The van der Waals surface area contributed by atoms with Crippen molar-refractivity contribution in [3.8, 4) is 23.7 Å². The Balaban J connectivity index is 3.56. The third-order valence-electron chi connectivity index (χ3n) is 0.807. The number of aliphatic hydroxyl groups is 1. The number of rotatable bonds is 1. The van der Waals surface area contributed by atoms with Crippen LogP contribution < -0.4 is 0 Å². The third-order valence-corrected chi connectivity index (χ3v) is 0.807. The molecule has 0 amide bonds. The van der Waals surface area contributed by atoms with Gasteiger partial charge in [-0.3, -0.25) is 0 Å². The molecule has 1 heteroatoms. The Morgan fingerprint density at radius 3 is 2.60 bits per heavy atom. The van der Waals surface area contributed by atoms with Gasteiger partial charge in [-0.15, -0.1) is 0 Å². The van der Waals surface area contributed by atoms with Gasteiger partial charge in [0.1, 0.15) is 6.10 Å². The molecule has 0 fully saturated rings. The lowest BCUT2D eigenvalue weighted by atomic mass is 10.3. The summed E-state index contributed by atoms with van der Waals surface area (Å²) in [6.45, 7) is 3.69. The molecule has 0 saturated heterocycles. The smallest absolute Gasteiger partial charge is 0.112 e. The standard InChI is InChI=1S/C9H12O/c1-3-4-5-6-7-8-9(2)10/h9-10H,3-4H2,1-2H3. The first-order chi connectivity index (χ1) is 4.77. The summed E-state index contributed by atoms with van der Waals surface area (Å²) in [7, 11) is 0. The van der Waals surface area contributed by atoms with Crippen LogP contribution in [0.3, 0.4) is 0 Å². The molecule has 0 heterocycles. The van der Waals surface area contributed by atoms with Crippen LogP contribution in [0.25, 0.3) is 0 Å². The fraction of sp³-hybridized carbons (Fsp3) is 0.556. The van der Waals surface area contributed by atoms with Crippen molar-refractivity contribution in [2.75, 3.05) is 0 Å². The van der Waals surface area contributed by atoms with Crippen molar-refractivity contribution in [3.05, 3.63) is 0 Å². The van der Waals surface area contributed by atoms with Crippen molar-refractivity contribution in [2.24, 2.45) is 0 Å². The van der Waals surface area contributed by atoms with Gasteiger partial charge < -0.3 is 5.11 Å². The van der Waals surface area contributed by atoms with E-state index < -0.39 is 6.10 Å². The molecule has 0 aliphatic carbocycles. The molecule has 1 nitrogen and oxygen atoms in total. The molecule has 1 unspecified atom stereocenters. The zero-order valence-electron chi connectivity index (χ0n) is 6.44. The van der Waals surface area contributed by atoms with Crippen LogP contribution in [-0.4, -0.2) is 11.2 Å². The van der Waals surface area contributed by atoms with Gasteiger partial charge in [0.15, 0.2) is 0 Å². The molecular formula is C9H12O. The minimum Gasteiger partial charge on any atom is -0.381 e. The van der Waals surface area contributed by atoms with E-state index in [0.717, 1.165) is 12.8 Å². The SMILES string of the molecule is CCCC#CC#CC(C)O. The van der Waals surface area contributed by atoms with E-state index in [1.165, 1.54) is 0 Å². The van der Waals surface area contributed by atoms with Gasteiger partial charge in [0.05, 0.1) is 0 Å². The Hall–Kier alpha value is -0.920. The molecule has 0 aromatic carbocycles. The maximum atomic E-state index is 8.67. The zero-order chi connectivity index (χ0) is 7.82. The van der Waals surface area contributed by atoms with E-state index in [9.17, 15) is 0 Å². The van der Waals surface area contributed by atoms with Gasteiger partial charge in [0.2, 0.25) is 0 Å². The van der Waals surface area contributed by atoms with Crippen molar-refractivity contribution >= 4 is 0 Å². The minimum absolute atomic E-state index is 0.559. The molecule has 0 aliphatic heterocycles. The predicted molar refractivity (Wildman–Crippen MR) is 42.1 cm³/mol. The second-order valence-electron chi connectivity index (χ2n) is 2.00. The molecule has 0 radical (unpaired) electrons. The molecule has 0 aromatic rings. The third kappa shape index (κ3) is 7.08. The largest absolute Gasteiger partial charge is 0.381 e. The lowest BCUT2D eigenvalue weighted by Crippen LogP contribution is -1.91. The molecular weight excluding hydrogens is 124 g/mol. The van der Waals surface area contributed by atoms with Crippen LogP contribution in [0.1, 0.15) is 26.7 Å². The van der Waals surface area contributed by atoms with E-state index in [2.05, 4.69) is 30.6 Å². The molecule has 1 N–H and O–H groups in total. The number of hydrogen-bond donors (Lipinski definition) is 1. The highest BCUT2D eigenvalue weighted by Gasteiger charge is 1.78. The average molecular weight is 136 g/mol. The van der Waals surface area contributed by atoms with Crippen LogP contribution in [0, 0.1) is 23.7 Å². The van der Waals surface area contributed by atoms with Gasteiger partial charge in [-0.25, -0.2) is 0 Å². The highest BCUT2D eigenvalue weighted by atomic mass is 16.3. The summed E-state index contributed by atoms with van der Waals surface area (Å²) in [5.41, 5.74) is 0. The fourth-order valence-corrected chi connectivity index (χ4v) is 0.372. The molecule has 0 bridgehead atoms. The van der Waals surface area contributed by atoms with Gasteiger partial charge in [0.25, 0.3) is 0 Å². The van der Waals surface area contributed by atoms with Crippen LogP contribution in [0.2, 0.25) is 0 Å². The second-order valence-corrected chi connectivity index (χ2v) is 2.00. The fourth-order valence-electron chi connectivity index (χ4n) is 0.372. The highest BCUT2D eigenvalue weighted by molar-refractivity contribution is 5.26. The molecule has 54 valence electrons. The van der Waals surface area contributed by atoms with E-state index in [4.69, 9.17) is 5.11 Å². The summed E-state index contributed by atoms with van der Waals surface area (Å²) in [6.07, 6.45) is 1.38. The van der Waals surface area contributed by atoms with Gasteiger partial charge in [-0.05, 0) is 25.2 Å². The van der Waals surface area contributed by atoms with Crippen LogP contribution >= 0.6 is 0 Å². The van der Waals surface area contributed by atoms with Crippen LogP contribution in [-0.2, 0) is 0 Å². The van der Waals surface area contributed by atoms with Crippen molar-refractivity contribution in [3.63, 3.8) is 0 Å². The van der Waals surface area contributed by atoms with Gasteiger partial charge in [-0.2, -0.15) is 0 Å². The first kappa shape index (κ1) is 9.08. The van der Waals surface area contributed by atoms with Crippen molar-refractivity contribution in [2.45, 2.75) is 32.8 Å². The van der Waals surface area contributed by atoms with Crippen LogP contribution in [0.5, 0.6) is 0 Å². The molecule has 10 heavy (non-hydrogen) atoms. The van der Waals surface area contributed by atoms with Crippen LogP contribution in [0.15, 0.2) is 0 Å². The molecule has 0 spiro atoms. The summed E-state index contributed by atoms with van der Waals surface area (Å²) < 4.78 is 0. The topological polar surface area (TPSA) is 20.2 Å². The van der Waals surface area contributed by atoms with E-state index in [1.807, 2.05) is 0 Å². The lowest BCUT2D eigenvalue weighted by Gasteiger charge is -1.82. The van der Waals surface area contributed by atoms with Gasteiger partial charge >= 0.3 is 0 Å². The summed E-state index contributed by atoms with van der Waals surface area (Å²) in [6, 6.07) is 0. The monoisotopic (exact) mass is 136 g/mol. The molecule has 0 aliphatic rings. The van der Waals surface area contributed by atoms with Crippen molar-refractivity contribution in [1.82, 2.24) is 0 Å². The Bertz CT molecular complexity index is 182. The minimum atomic E-state index is -0.559. The Morgan fingerprint density at radius 1 is 1.40 bits per heavy atom. The summed E-state index contributed by atoms with van der Waals surface area (Å²) in [5.74, 6) is 10.6. The second kappa shape index (κ2) is 6.20. The van der Waals surface area contributed by atoms with Crippen molar-refractivity contribution < 1.29 is 5.11 Å². The van der Waals surface area contributed by atoms with E-state index in [0.29, 0.717) is 0 Å². The van der Waals surface area contributed by atoms with E-state index >= 15 is 0 Å². The Morgan fingerprint density at radius 2 is 2.10 bits per heavy atom. The predicted octanol–water partition coefficient (Wildman–Crippen LogP) is 1.17. The maximum Gasteiger partial charge on any atom is 0.112 e. The van der Waals surface area contributed by atoms with Crippen LogP contribution in [0.4, 0.5) is 0 Å².